The predicted molar refractivity (Wildman–Crippen MR) is 157 cm³/mol. The first-order chi connectivity index (χ1) is 18.4. The Balaban J connectivity index is 1.50. The Bertz CT molecular complexity index is 1510. The zero-order chi connectivity index (χ0) is 26.6. The molecule has 0 aromatic heterocycles. The maximum absolute atomic E-state index is 13.8. The second-order valence-electron chi connectivity index (χ2n) is 8.51. The number of amides is 2. The molecule has 0 radical (unpaired) electrons. The van der Waals surface area contributed by atoms with E-state index in [0.717, 1.165) is 19.4 Å². The Kier molecular flexibility index (Phi) is 7.85. The van der Waals surface area contributed by atoms with Gasteiger partial charge in [0.15, 0.2) is 6.17 Å². The molecule has 0 bridgehead atoms. The highest BCUT2D eigenvalue weighted by molar-refractivity contribution is 14.1. The van der Waals surface area contributed by atoms with Gasteiger partial charge >= 0.3 is 0 Å². The second kappa shape index (κ2) is 11.4. The molecule has 5 rings (SSSR count). The molecule has 0 spiro atoms. The van der Waals surface area contributed by atoms with Crippen LogP contribution >= 0.6 is 38.5 Å². The number of para-hydroxylation sites is 1. The first kappa shape index (κ1) is 26.1. The molecule has 4 aromatic carbocycles. The third-order valence-electron chi connectivity index (χ3n) is 6.06. The van der Waals surface area contributed by atoms with Crippen molar-refractivity contribution in [2.45, 2.75) is 12.8 Å². The fourth-order valence-electron chi connectivity index (χ4n) is 4.19. The van der Waals surface area contributed by atoms with Crippen LogP contribution in [0, 0.1) is 3.57 Å². The summed E-state index contributed by atoms with van der Waals surface area (Å²) >= 11 is 5.55. The van der Waals surface area contributed by atoms with Crippen molar-refractivity contribution in [2.24, 2.45) is 0 Å². The zero-order valence-electron chi connectivity index (χ0n) is 20.3. The number of hydrazine groups is 1. The van der Waals surface area contributed by atoms with E-state index in [0.29, 0.717) is 34.7 Å². The van der Waals surface area contributed by atoms with Crippen molar-refractivity contribution in [1.82, 2.24) is 10.4 Å². The van der Waals surface area contributed by atoms with E-state index in [1.165, 1.54) is 5.01 Å². The molecule has 1 heterocycles. The Labute approximate surface area is 242 Å². The van der Waals surface area contributed by atoms with Gasteiger partial charge in [0.1, 0.15) is 18.1 Å². The van der Waals surface area contributed by atoms with Crippen molar-refractivity contribution in [2.75, 3.05) is 12.4 Å². The summed E-state index contributed by atoms with van der Waals surface area (Å²) in [4.78, 5) is 27.1. The maximum Gasteiger partial charge on any atom is 0.276 e. The SMILES string of the molecule is COc1cccc(COc2ccccc2[C@@H]2Nc3ccc(Br)cc3C(=O)N2NC(=O)c2ccccc2I)c1. The lowest BCUT2D eigenvalue weighted by Crippen LogP contribution is -2.53. The Morgan fingerprint density at radius 2 is 1.82 bits per heavy atom. The average molecular weight is 684 g/mol. The summed E-state index contributed by atoms with van der Waals surface area (Å²) in [5.41, 5.74) is 6.04. The molecule has 7 nitrogen and oxygen atoms in total. The van der Waals surface area contributed by atoms with Crippen LogP contribution in [-0.2, 0) is 6.61 Å². The van der Waals surface area contributed by atoms with Gasteiger partial charge in [-0.3, -0.25) is 15.0 Å². The van der Waals surface area contributed by atoms with Crippen molar-refractivity contribution in [1.29, 1.82) is 0 Å². The van der Waals surface area contributed by atoms with E-state index < -0.39 is 6.17 Å². The van der Waals surface area contributed by atoms with Gasteiger partial charge in [-0.25, -0.2) is 5.01 Å². The first-order valence-electron chi connectivity index (χ1n) is 11.7. The third kappa shape index (κ3) is 5.48. The van der Waals surface area contributed by atoms with Crippen LogP contribution in [0.15, 0.2) is 95.5 Å². The molecule has 1 atom stereocenters. The highest BCUT2D eigenvalue weighted by atomic mass is 127. The molecule has 0 saturated heterocycles. The molecule has 0 unspecified atom stereocenters. The molecular weight excluding hydrogens is 661 g/mol. The molecule has 0 fully saturated rings. The van der Waals surface area contributed by atoms with Crippen LogP contribution in [-0.4, -0.2) is 23.9 Å². The number of nitrogens with one attached hydrogen (secondary N) is 2. The molecule has 9 heteroatoms. The van der Waals surface area contributed by atoms with Gasteiger partial charge in [-0.05, 0) is 76.7 Å². The Morgan fingerprint density at radius 1 is 1.03 bits per heavy atom. The minimum absolute atomic E-state index is 0.299. The average Bonchev–Trinajstić information content (AvgIpc) is 2.94. The normalized spacial score (nSPS) is 14.3. The second-order valence-corrected chi connectivity index (χ2v) is 10.6. The number of benzene rings is 4. The molecule has 192 valence electrons. The van der Waals surface area contributed by atoms with Gasteiger partial charge in [-0.2, -0.15) is 0 Å². The number of anilines is 1. The largest absolute Gasteiger partial charge is 0.497 e. The van der Waals surface area contributed by atoms with E-state index in [1.54, 1.807) is 25.3 Å². The summed E-state index contributed by atoms with van der Waals surface area (Å²) < 4.78 is 13.1. The van der Waals surface area contributed by atoms with Crippen LogP contribution < -0.4 is 20.2 Å². The van der Waals surface area contributed by atoms with Crippen LogP contribution in [0.5, 0.6) is 11.5 Å². The van der Waals surface area contributed by atoms with E-state index in [-0.39, 0.29) is 11.8 Å². The van der Waals surface area contributed by atoms with Gasteiger partial charge < -0.3 is 14.8 Å². The predicted octanol–water partition coefficient (Wildman–Crippen LogP) is 6.55. The summed E-state index contributed by atoms with van der Waals surface area (Å²) in [7, 11) is 1.62. The third-order valence-corrected chi connectivity index (χ3v) is 7.50. The van der Waals surface area contributed by atoms with Gasteiger partial charge in [0.25, 0.3) is 11.8 Å². The highest BCUT2D eigenvalue weighted by Crippen LogP contribution is 2.37. The van der Waals surface area contributed by atoms with Crippen molar-refractivity contribution in [3.05, 3.63) is 121 Å². The van der Waals surface area contributed by atoms with Crippen LogP contribution in [0.2, 0.25) is 0 Å². The number of hydrogen-bond donors (Lipinski definition) is 2. The topological polar surface area (TPSA) is 79.9 Å². The molecule has 0 aliphatic carbocycles. The smallest absolute Gasteiger partial charge is 0.276 e. The van der Waals surface area contributed by atoms with Gasteiger partial charge in [-0.1, -0.05) is 58.4 Å². The van der Waals surface area contributed by atoms with Crippen LogP contribution in [0.1, 0.15) is 38.0 Å². The van der Waals surface area contributed by atoms with Crippen molar-refractivity contribution in [3.63, 3.8) is 0 Å². The number of carbonyl (C=O) groups is 2. The first-order valence-corrected chi connectivity index (χ1v) is 13.6. The summed E-state index contributed by atoms with van der Waals surface area (Å²) in [6.45, 7) is 0.299. The molecule has 38 heavy (non-hydrogen) atoms. The summed E-state index contributed by atoms with van der Waals surface area (Å²) in [5.74, 6) is 0.594. The van der Waals surface area contributed by atoms with Gasteiger partial charge in [0.2, 0.25) is 0 Å². The van der Waals surface area contributed by atoms with Gasteiger partial charge in [0.05, 0.1) is 18.2 Å². The zero-order valence-corrected chi connectivity index (χ0v) is 24.0. The van der Waals surface area contributed by atoms with Crippen LogP contribution in [0.25, 0.3) is 0 Å². The number of fused-ring (bicyclic) bond motifs is 1. The standard InChI is InChI=1S/C29H23BrIN3O4/c1-37-20-8-6-7-18(15-20)17-38-26-12-5-3-10-22(26)27-32-25-14-13-19(30)16-23(25)29(36)34(27)33-28(35)21-9-2-4-11-24(21)31/h2-16,27,32H,17H2,1H3,(H,33,35)/t27-/m1/s1. The summed E-state index contributed by atoms with van der Waals surface area (Å²) in [6, 6.07) is 27.8. The lowest BCUT2D eigenvalue weighted by atomic mass is 10.0. The molecule has 0 saturated carbocycles. The number of halogens is 2. The summed E-state index contributed by atoms with van der Waals surface area (Å²) in [6.07, 6.45) is -0.719. The molecule has 2 amide bonds. The lowest BCUT2D eigenvalue weighted by Gasteiger charge is -2.38. The van der Waals surface area contributed by atoms with Crippen molar-refractivity contribution in [3.8, 4) is 11.5 Å². The number of hydrogen-bond acceptors (Lipinski definition) is 5. The number of methoxy groups -OCH3 is 1. The van der Waals surface area contributed by atoms with Crippen molar-refractivity contribution >= 4 is 56.0 Å². The minimum atomic E-state index is -0.719. The van der Waals surface area contributed by atoms with E-state index in [1.807, 2.05) is 72.8 Å². The number of carbonyl (C=O) groups excluding carboxylic acids is 2. The van der Waals surface area contributed by atoms with E-state index in [9.17, 15) is 9.59 Å². The van der Waals surface area contributed by atoms with Gasteiger partial charge in [-0.15, -0.1) is 0 Å². The fraction of sp³-hybridized carbons (Fsp3) is 0.103. The molecule has 1 aliphatic rings. The summed E-state index contributed by atoms with van der Waals surface area (Å²) in [5, 5.41) is 4.74. The Hall–Kier alpha value is -3.57. The van der Waals surface area contributed by atoms with Crippen LogP contribution in [0.3, 0.4) is 0 Å². The maximum atomic E-state index is 13.8. The molecule has 1 aliphatic heterocycles. The number of rotatable bonds is 7. The Morgan fingerprint density at radius 3 is 2.63 bits per heavy atom. The van der Waals surface area contributed by atoms with E-state index >= 15 is 0 Å². The molecule has 4 aromatic rings. The molecule has 2 N–H and O–H groups in total. The quantitative estimate of drug-likeness (QED) is 0.216. The van der Waals surface area contributed by atoms with Crippen LogP contribution in [0.4, 0.5) is 5.69 Å². The fourth-order valence-corrected chi connectivity index (χ4v) is 5.18. The molecular formula is C29H23BrIN3O4. The minimum Gasteiger partial charge on any atom is -0.497 e. The van der Waals surface area contributed by atoms with E-state index in [4.69, 9.17) is 9.47 Å². The lowest BCUT2D eigenvalue weighted by molar-refractivity contribution is 0.0487. The number of nitrogens with zero attached hydrogens (tertiary/aromatic N) is 1. The monoisotopic (exact) mass is 683 g/mol. The van der Waals surface area contributed by atoms with Crippen molar-refractivity contribution < 1.29 is 19.1 Å². The van der Waals surface area contributed by atoms with Gasteiger partial charge in [0, 0.05) is 19.3 Å². The number of ether oxygens (including phenoxy) is 2. The van der Waals surface area contributed by atoms with E-state index in [2.05, 4.69) is 49.3 Å². The highest BCUT2D eigenvalue weighted by Gasteiger charge is 2.36.